The Labute approximate surface area is 108 Å². The molecule has 1 aromatic rings. The van der Waals surface area contributed by atoms with E-state index in [4.69, 9.17) is 0 Å². The summed E-state index contributed by atoms with van der Waals surface area (Å²) < 4.78 is 5.71. The zero-order valence-corrected chi connectivity index (χ0v) is 11.4. The third kappa shape index (κ3) is 3.25. The molecule has 0 heterocycles. The lowest BCUT2D eigenvalue weighted by atomic mass is 10.1. The average molecular weight is 301 g/mol. The summed E-state index contributed by atoms with van der Waals surface area (Å²) in [4.78, 5) is 12.4. The number of carbonyl (C=O) groups excluding carboxylic acids is 1. The Balaban J connectivity index is 2.05. The molecule has 0 saturated heterocycles. The van der Waals surface area contributed by atoms with Crippen LogP contribution in [-0.2, 0) is 16.0 Å². The highest BCUT2D eigenvalue weighted by Gasteiger charge is 2.23. The van der Waals surface area contributed by atoms with Crippen molar-refractivity contribution in [3.8, 4) is 0 Å². The maximum absolute atomic E-state index is 11.1. The Morgan fingerprint density at radius 3 is 2.88 bits per heavy atom. The van der Waals surface area contributed by atoms with Crippen molar-refractivity contribution in [2.75, 3.05) is 7.11 Å². The predicted molar refractivity (Wildman–Crippen MR) is 68.7 cm³/mol. The molecule has 0 amide bonds. The summed E-state index contributed by atoms with van der Waals surface area (Å²) in [5.41, 5.74) is 0.985. The van der Waals surface area contributed by atoms with Gasteiger partial charge in [0.05, 0.1) is 13.5 Å². The third-order valence-electron chi connectivity index (χ3n) is 2.39. The van der Waals surface area contributed by atoms with Crippen molar-refractivity contribution in [1.82, 2.24) is 0 Å². The van der Waals surface area contributed by atoms with E-state index in [0.29, 0.717) is 6.42 Å². The maximum Gasteiger partial charge on any atom is 0.309 e. The first-order chi connectivity index (χ1) is 7.69. The molecule has 16 heavy (non-hydrogen) atoms. The number of benzene rings is 1. The van der Waals surface area contributed by atoms with E-state index >= 15 is 0 Å². The second-order valence-corrected chi connectivity index (χ2v) is 6.03. The van der Waals surface area contributed by atoms with Crippen LogP contribution in [0.15, 0.2) is 27.6 Å². The van der Waals surface area contributed by atoms with Crippen LogP contribution in [0.25, 0.3) is 0 Å². The quantitative estimate of drug-likeness (QED) is 0.797. The van der Waals surface area contributed by atoms with Crippen molar-refractivity contribution in [3.05, 3.63) is 28.2 Å². The van der Waals surface area contributed by atoms with Crippen molar-refractivity contribution >= 4 is 33.7 Å². The first-order valence-electron chi connectivity index (χ1n) is 5.21. The van der Waals surface area contributed by atoms with Gasteiger partial charge in [0.25, 0.3) is 0 Å². The summed E-state index contributed by atoms with van der Waals surface area (Å²) in [6.07, 6.45) is 2.98. The highest BCUT2D eigenvalue weighted by molar-refractivity contribution is 9.10. The van der Waals surface area contributed by atoms with Gasteiger partial charge < -0.3 is 4.74 Å². The molecule has 0 bridgehead atoms. The first-order valence-corrected chi connectivity index (χ1v) is 6.88. The lowest BCUT2D eigenvalue weighted by Gasteiger charge is -2.06. The Morgan fingerprint density at radius 1 is 1.56 bits per heavy atom. The smallest absolute Gasteiger partial charge is 0.309 e. The van der Waals surface area contributed by atoms with Gasteiger partial charge in [-0.15, -0.1) is 11.8 Å². The Kier molecular flexibility index (Phi) is 3.92. The highest BCUT2D eigenvalue weighted by Crippen LogP contribution is 2.42. The van der Waals surface area contributed by atoms with Crippen LogP contribution in [0.2, 0.25) is 0 Å². The molecule has 1 fully saturated rings. The Bertz CT molecular complexity index is 402. The minimum atomic E-state index is -0.200. The van der Waals surface area contributed by atoms with Gasteiger partial charge in [0.2, 0.25) is 0 Å². The lowest BCUT2D eigenvalue weighted by molar-refractivity contribution is -0.139. The first kappa shape index (κ1) is 12.0. The lowest BCUT2D eigenvalue weighted by Crippen LogP contribution is -2.04. The number of rotatable bonds is 4. The molecule has 1 aliphatic carbocycles. The second-order valence-electron chi connectivity index (χ2n) is 3.83. The molecule has 0 radical (unpaired) electrons. The largest absolute Gasteiger partial charge is 0.469 e. The number of esters is 1. The van der Waals surface area contributed by atoms with E-state index in [9.17, 15) is 4.79 Å². The van der Waals surface area contributed by atoms with E-state index in [-0.39, 0.29) is 5.97 Å². The molecule has 1 aliphatic rings. The molecule has 86 valence electrons. The van der Waals surface area contributed by atoms with Crippen molar-refractivity contribution in [1.29, 1.82) is 0 Å². The van der Waals surface area contributed by atoms with Crippen LogP contribution in [-0.4, -0.2) is 18.3 Å². The van der Waals surface area contributed by atoms with E-state index in [2.05, 4.69) is 26.7 Å². The molecule has 0 unspecified atom stereocenters. The van der Waals surface area contributed by atoms with E-state index in [1.165, 1.54) is 24.8 Å². The van der Waals surface area contributed by atoms with Gasteiger partial charge in [-0.1, -0.05) is 6.07 Å². The number of hydrogen-bond donors (Lipinski definition) is 0. The van der Waals surface area contributed by atoms with Gasteiger partial charge in [0.15, 0.2) is 0 Å². The van der Waals surface area contributed by atoms with Crippen LogP contribution in [0.1, 0.15) is 18.4 Å². The third-order valence-corrected chi connectivity index (χ3v) is 4.72. The predicted octanol–water partition coefficient (Wildman–Crippen LogP) is 3.42. The molecule has 0 spiro atoms. The van der Waals surface area contributed by atoms with E-state index in [0.717, 1.165) is 15.3 Å². The normalized spacial score (nSPS) is 14.9. The fourth-order valence-electron chi connectivity index (χ4n) is 1.35. The van der Waals surface area contributed by atoms with Crippen LogP contribution in [0, 0.1) is 0 Å². The van der Waals surface area contributed by atoms with Gasteiger partial charge in [-0.05, 0) is 46.5 Å². The molecular formula is C12H13BrO2S. The molecule has 0 atom stereocenters. The number of thioether (sulfide) groups is 1. The Morgan fingerprint density at radius 2 is 2.31 bits per heavy atom. The SMILES string of the molecule is COC(=O)Cc1ccc(SC2CC2)c(Br)c1. The van der Waals surface area contributed by atoms with Gasteiger partial charge >= 0.3 is 5.97 Å². The van der Waals surface area contributed by atoms with E-state index < -0.39 is 0 Å². The molecule has 1 saturated carbocycles. The van der Waals surface area contributed by atoms with E-state index in [1.54, 1.807) is 0 Å². The van der Waals surface area contributed by atoms with Crippen LogP contribution < -0.4 is 0 Å². The summed E-state index contributed by atoms with van der Waals surface area (Å²) in [5.74, 6) is -0.200. The molecule has 2 nitrogen and oxygen atoms in total. The number of carbonyl (C=O) groups is 1. The van der Waals surface area contributed by atoms with Gasteiger partial charge in [-0.2, -0.15) is 0 Å². The average Bonchev–Trinajstić information content (AvgIpc) is 3.06. The summed E-state index contributed by atoms with van der Waals surface area (Å²) in [6.45, 7) is 0. The summed E-state index contributed by atoms with van der Waals surface area (Å²) in [5, 5.41) is 0.794. The minimum absolute atomic E-state index is 0.200. The summed E-state index contributed by atoms with van der Waals surface area (Å²) >= 11 is 5.45. The van der Waals surface area contributed by atoms with E-state index in [1.807, 2.05) is 23.9 Å². The molecule has 0 aromatic heterocycles. The zero-order chi connectivity index (χ0) is 11.5. The van der Waals surface area contributed by atoms with Crippen molar-refractivity contribution in [2.45, 2.75) is 29.4 Å². The summed E-state index contributed by atoms with van der Waals surface area (Å²) in [7, 11) is 1.41. The van der Waals surface area contributed by atoms with Gasteiger partial charge in [-0.25, -0.2) is 0 Å². The minimum Gasteiger partial charge on any atom is -0.469 e. The number of methoxy groups -OCH3 is 1. The molecule has 1 aromatic carbocycles. The fourth-order valence-corrected chi connectivity index (χ4v) is 3.11. The molecule has 0 aliphatic heterocycles. The zero-order valence-electron chi connectivity index (χ0n) is 9.03. The van der Waals surface area contributed by atoms with Crippen molar-refractivity contribution < 1.29 is 9.53 Å². The molecular weight excluding hydrogens is 288 g/mol. The maximum atomic E-state index is 11.1. The topological polar surface area (TPSA) is 26.3 Å². The highest BCUT2D eigenvalue weighted by atomic mass is 79.9. The monoisotopic (exact) mass is 300 g/mol. The number of ether oxygens (including phenoxy) is 1. The van der Waals surface area contributed by atoms with Crippen molar-refractivity contribution in [2.24, 2.45) is 0 Å². The second kappa shape index (κ2) is 5.23. The van der Waals surface area contributed by atoms with Gasteiger partial charge in [0.1, 0.15) is 0 Å². The van der Waals surface area contributed by atoms with Crippen LogP contribution in [0.5, 0.6) is 0 Å². The number of halogens is 1. The summed E-state index contributed by atoms with van der Waals surface area (Å²) in [6, 6.07) is 6.07. The van der Waals surface area contributed by atoms with Gasteiger partial charge in [0, 0.05) is 14.6 Å². The standard InChI is InChI=1S/C12H13BrO2S/c1-15-12(14)7-8-2-5-11(10(13)6-8)16-9-3-4-9/h2,5-6,9H,3-4,7H2,1H3. The van der Waals surface area contributed by atoms with Crippen molar-refractivity contribution in [3.63, 3.8) is 0 Å². The molecule has 2 rings (SSSR count). The fraction of sp³-hybridized carbons (Fsp3) is 0.417. The van der Waals surface area contributed by atoms with Crippen LogP contribution in [0.3, 0.4) is 0 Å². The number of hydrogen-bond acceptors (Lipinski definition) is 3. The molecule has 4 heteroatoms. The molecule has 0 N–H and O–H groups in total. The van der Waals surface area contributed by atoms with Crippen LogP contribution >= 0.6 is 27.7 Å². The van der Waals surface area contributed by atoms with Gasteiger partial charge in [-0.3, -0.25) is 4.79 Å². The Hall–Kier alpha value is -0.480. The van der Waals surface area contributed by atoms with Crippen LogP contribution in [0.4, 0.5) is 0 Å².